The molecule has 0 fully saturated rings. The lowest BCUT2D eigenvalue weighted by Gasteiger charge is -2.24. The molecule has 1 atom stereocenters. The molecule has 0 amide bonds. The van der Waals surface area contributed by atoms with Crippen LogP contribution in [0, 0.1) is 15.9 Å². The van der Waals surface area contributed by atoms with E-state index in [4.69, 9.17) is 4.74 Å². The van der Waals surface area contributed by atoms with E-state index in [2.05, 4.69) is 4.99 Å². The molecule has 0 unspecified atom stereocenters. The van der Waals surface area contributed by atoms with E-state index in [0.717, 1.165) is 11.3 Å². The summed E-state index contributed by atoms with van der Waals surface area (Å²) < 4.78 is 20.1. The molecule has 8 nitrogen and oxygen atoms in total. The number of nitro benzene ring substituents is 1. The Morgan fingerprint density at radius 3 is 2.66 bits per heavy atom. The van der Waals surface area contributed by atoms with Crippen molar-refractivity contribution in [3.63, 3.8) is 0 Å². The van der Waals surface area contributed by atoms with E-state index < -0.39 is 28.3 Å². The summed E-state index contributed by atoms with van der Waals surface area (Å²) in [6.07, 6.45) is 1.54. The van der Waals surface area contributed by atoms with Crippen LogP contribution < -0.4 is 14.9 Å². The maximum atomic E-state index is 13.5. The number of ether oxygens (including phenoxy) is 1. The second kappa shape index (κ2) is 8.31. The number of hydrogen-bond donors (Lipinski definition) is 0. The van der Waals surface area contributed by atoms with E-state index in [-0.39, 0.29) is 15.8 Å². The Bertz CT molecular complexity index is 1450. The lowest BCUT2D eigenvalue weighted by molar-refractivity contribution is -0.384. The predicted molar refractivity (Wildman–Crippen MR) is 115 cm³/mol. The van der Waals surface area contributed by atoms with Crippen LogP contribution in [0.25, 0.3) is 6.08 Å². The predicted octanol–water partition coefficient (Wildman–Crippen LogP) is 2.46. The van der Waals surface area contributed by atoms with Crippen molar-refractivity contribution < 1.29 is 18.8 Å². The number of allylic oxidation sites excluding steroid dienone is 1. The molecule has 162 valence electrons. The summed E-state index contributed by atoms with van der Waals surface area (Å²) in [5, 5.41) is 11.1. The standard InChI is InChI=1S/C22H16FN3O5S/c1-12-18(21(28)31-2)19(14-6-8-15(23)9-7-14)25-20(27)17(32-22(25)24-12)11-13-4-3-5-16(10-13)26(29)30/h3-11,19H,1-2H3/b17-11-/t19-/m0/s1. The fourth-order valence-corrected chi connectivity index (χ4v) is 4.58. The van der Waals surface area contributed by atoms with Crippen LogP contribution in [0.15, 0.2) is 69.6 Å². The van der Waals surface area contributed by atoms with Crippen LogP contribution in [-0.2, 0) is 9.53 Å². The van der Waals surface area contributed by atoms with Gasteiger partial charge >= 0.3 is 5.97 Å². The third-order valence-electron chi connectivity index (χ3n) is 4.99. The highest BCUT2D eigenvalue weighted by Gasteiger charge is 2.33. The highest BCUT2D eigenvalue weighted by Crippen LogP contribution is 2.30. The van der Waals surface area contributed by atoms with Gasteiger partial charge in [-0.05, 0) is 36.3 Å². The summed E-state index contributed by atoms with van der Waals surface area (Å²) in [5.74, 6) is -1.10. The van der Waals surface area contributed by atoms with Crippen molar-refractivity contribution in [2.24, 2.45) is 4.99 Å². The molecule has 32 heavy (non-hydrogen) atoms. The van der Waals surface area contributed by atoms with E-state index in [1.807, 2.05) is 0 Å². The highest BCUT2D eigenvalue weighted by molar-refractivity contribution is 7.07. The Morgan fingerprint density at radius 1 is 1.28 bits per heavy atom. The Labute approximate surface area is 184 Å². The summed E-state index contributed by atoms with van der Waals surface area (Å²) >= 11 is 1.10. The van der Waals surface area contributed by atoms with E-state index in [1.54, 1.807) is 13.0 Å². The van der Waals surface area contributed by atoms with Gasteiger partial charge in [-0.25, -0.2) is 14.2 Å². The maximum absolute atomic E-state index is 13.5. The van der Waals surface area contributed by atoms with Gasteiger partial charge in [-0.15, -0.1) is 0 Å². The molecule has 2 heterocycles. The first-order valence-electron chi connectivity index (χ1n) is 9.41. The number of thiazole rings is 1. The minimum absolute atomic E-state index is 0.0977. The van der Waals surface area contributed by atoms with Gasteiger partial charge in [-0.1, -0.05) is 35.6 Å². The van der Waals surface area contributed by atoms with Crippen molar-refractivity contribution in [1.29, 1.82) is 0 Å². The Hall–Kier alpha value is -3.92. The molecule has 0 N–H and O–H groups in total. The van der Waals surface area contributed by atoms with Crippen molar-refractivity contribution in [2.75, 3.05) is 7.11 Å². The second-order valence-electron chi connectivity index (χ2n) is 6.98. The van der Waals surface area contributed by atoms with Crippen molar-refractivity contribution in [3.05, 3.63) is 107 Å². The summed E-state index contributed by atoms with van der Waals surface area (Å²) in [6, 6.07) is 10.5. The van der Waals surface area contributed by atoms with Crippen molar-refractivity contribution >= 4 is 29.1 Å². The molecule has 10 heteroatoms. The number of aromatic nitrogens is 1. The van der Waals surface area contributed by atoms with Crippen LogP contribution >= 0.6 is 11.3 Å². The molecule has 0 bridgehead atoms. The van der Waals surface area contributed by atoms with Crippen LogP contribution in [0.3, 0.4) is 0 Å². The number of nitro groups is 1. The molecule has 0 saturated heterocycles. The van der Waals surface area contributed by atoms with Crippen LogP contribution in [0.5, 0.6) is 0 Å². The number of benzene rings is 2. The molecule has 1 aliphatic rings. The number of non-ortho nitro benzene ring substituents is 1. The number of fused-ring (bicyclic) bond motifs is 1. The number of nitrogens with zero attached hydrogens (tertiary/aromatic N) is 3. The number of rotatable bonds is 4. The minimum atomic E-state index is -0.855. The zero-order valence-corrected chi connectivity index (χ0v) is 17.8. The lowest BCUT2D eigenvalue weighted by Crippen LogP contribution is -2.39. The molecular weight excluding hydrogens is 437 g/mol. The first kappa shape index (κ1) is 21.3. The first-order chi connectivity index (χ1) is 15.3. The molecule has 0 radical (unpaired) electrons. The van der Waals surface area contributed by atoms with Crippen molar-refractivity contribution in [2.45, 2.75) is 13.0 Å². The third kappa shape index (κ3) is 3.76. The van der Waals surface area contributed by atoms with Gasteiger partial charge in [-0.3, -0.25) is 19.5 Å². The second-order valence-corrected chi connectivity index (χ2v) is 7.99. The maximum Gasteiger partial charge on any atom is 0.338 e. The average Bonchev–Trinajstić information content (AvgIpc) is 3.07. The van der Waals surface area contributed by atoms with Crippen LogP contribution in [0.4, 0.5) is 10.1 Å². The smallest absolute Gasteiger partial charge is 0.338 e. The fourth-order valence-electron chi connectivity index (χ4n) is 3.53. The number of methoxy groups -OCH3 is 1. The summed E-state index contributed by atoms with van der Waals surface area (Å²) in [7, 11) is 1.23. The van der Waals surface area contributed by atoms with Crippen LogP contribution in [0.1, 0.15) is 24.1 Å². The van der Waals surface area contributed by atoms with Gasteiger partial charge in [0.2, 0.25) is 0 Å². The number of hydrogen-bond acceptors (Lipinski definition) is 7. The molecule has 1 aliphatic heterocycles. The van der Waals surface area contributed by atoms with Crippen molar-refractivity contribution in [3.8, 4) is 0 Å². The van der Waals surface area contributed by atoms with Gasteiger partial charge in [0.1, 0.15) is 5.82 Å². The quantitative estimate of drug-likeness (QED) is 0.343. The summed E-state index contributed by atoms with van der Waals surface area (Å²) in [6.45, 7) is 1.64. The number of esters is 1. The number of carbonyl (C=O) groups excluding carboxylic acids is 1. The van der Waals surface area contributed by atoms with Crippen molar-refractivity contribution in [1.82, 2.24) is 4.57 Å². The normalized spacial score (nSPS) is 15.8. The van der Waals surface area contributed by atoms with E-state index in [9.17, 15) is 24.1 Å². The van der Waals surface area contributed by atoms with E-state index in [0.29, 0.717) is 21.6 Å². The van der Waals surface area contributed by atoms with Crippen LogP contribution in [-0.4, -0.2) is 22.6 Å². The van der Waals surface area contributed by atoms with E-state index in [1.165, 1.54) is 60.2 Å². The van der Waals surface area contributed by atoms with Gasteiger partial charge in [0.15, 0.2) is 4.80 Å². The van der Waals surface area contributed by atoms with Crippen LogP contribution in [0.2, 0.25) is 0 Å². The average molecular weight is 453 g/mol. The van der Waals surface area contributed by atoms with Gasteiger partial charge in [-0.2, -0.15) is 0 Å². The summed E-state index contributed by atoms with van der Waals surface area (Å²) in [5.41, 5.74) is 1.03. The number of carbonyl (C=O) groups is 1. The largest absolute Gasteiger partial charge is 0.466 e. The minimum Gasteiger partial charge on any atom is -0.466 e. The fraction of sp³-hybridized carbons (Fsp3) is 0.136. The molecule has 3 aromatic rings. The Morgan fingerprint density at radius 2 is 2.00 bits per heavy atom. The first-order valence-corrected chi connectivity index (χ1v) is 10.2. The molecule has 4 rings (SSSR count). The molecule has 0 saturated carbocycles. The third-order valence-corrected chi connectivity index (χ3v) is 5.97. The molecule has 2 aromatic carbocycles. The highest BCUT2D eigenvalue weighted by atomic mass is 32.1. The Balaban J connectivity index is 1.95. The zero-order valence-electron chi connectivity index (χ0n) is 16.9. The van der Waals surface area contributed by atoms with E-state index >= 15 is 0 Å². The SMILES string of the molecule is COC(=O)C1=C(C)N=c2s/c(=C\c3cccc([N+](=O)[O-])c3)c(=O)n2[C@H]1c1ccc(F)cc1. The number of halogens is 1. The lowest BCUT2D eigenvalue weighted by atomic mass is 9.96. The molecule has 0 spiro atoms. The Kier molecular flexibility index (Phi) is 5.54. The van der Waals surface area contributed by atoms with Gasteiger partial charge in [0, 0.05) is 12.1 Å². The monoisotopic (exact) mass is 453 g/mol. The van der Waals surface area contributed by atoms with Gasteiger partial charge in [0.05, 0.1) is 33.9 Å². The van der Waals surface area contributed by atoms with Gasteiger partial charge in [0.25, 0.3) is 11.2 Å². The molecular formula is C22H16FN3O5S. The zero-order chi connectivity index (χ0) is 23.0. The molecule has 0 aliphatic carbocycles. The topological polar surface area (TPSA) is 104 Å². The van der Waals surface area contributed by atoms with Gasteiger partial charge < -0.3 is 4.74 Å². The molecule has 1 aromatic heterocycles. The summed E-state index contributed by atoms with van der Waals surface area (Å²) in [4.78, 5) is 41.2.